The van der Waals surface area contributed by atoms with Gasteiger partial charge in [0.05, 0.1) is 0 Å². The molecule has 0 saturated carbocycles. The van der Waals surface area contributed by atoms with Gasteiger partial charge in [0.2, 0.25) is 0 Å². The Kier molecular flexibility index (Phi) is 2.71. The van der Waals surface area contributed by atoms with Gasteiger partial charge in [-0.1, -0.05) is 0 Å². The molecule has 14 heavy (non-hydrogen) atoms. The molecule has 2 rings (SSSR count). The van der Waals surface area contributed by atoms with Crippen LogP contribution in [0.25, 0.3) is 0 Å². The van der Waals surface area contributed by atoms with Crippen LogP contribution in [0, 0.1) is 6.92 Å². The molecule has 0 bridgehead atoms. The molecule has 72 valence electrons. The van der Waals surface area contributed by atoms with Crippen molar-refractivity contribution in [2.45, 2.75) is 6.92 Å². The summed E-state index contributed by atoms with van der Waals surface area (Å²) in [5.74, 6) is 0. The van der Waals surface area contributed by atoms with Crippen LogP contribution in [0.4, 0.5) is 0 Å². The molecule has 0 atom stereocenters. The Morgan fingerprint density at radius 2 is 1.93 bits per heavy atom. The van der Waals surface area contributed by atoms with Gasteiger partial charge in [-0.15, -0.1) is 0 Å². The van der Waals surface area contributed by atoms with Gasteiger partial charge in [0, 0.05) is 0 Å². The van der Waals surface area contributed by atoms with Crippen LogP contribution in [0.5, 0.6) is 0 Å². The molecule has 0 N–H and O–H groups in total. The number of nitrogens with zero attached hydrogens (tertiary/aromatic N) is 2. The van der Waals surface area contributed by atoms with Crippen molar-refractivity contribution >= 4 is 19.6 Å². The number of aromatic nitrogens is 2. The van der Waals surface area contributed by atoms with Crippen LogP contribution in [0.2, 0.25) is 0 Å². The van der Waals surface area contributed by atoms with E-state index in [1.165, 1.54) is 10.0 Å². The number of benzene rings is 1. The Balaban J connectivity index is 2.15. The van der Waals surface area contributed by atoms with Crippen LogP contribution >= 0.6 is 0 Å². The fourth-order valence-electron chi connectivity index (χ4n) is 1.20. The Bertz CT molecular complexity index is 417. The maximum atomic E-state index is 2.23. The van der Waals surface area contributed by atoms with Crippen molar-refractivity contribution in [3.8, 4) is 0 Å². The van der Waals surface area contributed by atoms with Gasteiger partial charge in [0.15, 0.2) is 0 Å². The molecular weight excluding hydrogens is 239 g/mol. The van der Waals surface area contributed by atoms with Gasteiger partial charge in [-0.25, -0.2) is 0 Å². The van der Waals surface area contributed by atoms with Crippen molar-refractivity contribution < 1.29 is 4.57 Å². The average molecular weight is 252 g/mol. The normalized spacial score (nSPS) is 10.4. The molecule has 0 fully saturated rings. The summed E-state index contributed by atoms with van der Waals surface area (Å²) < 4.78 is 5.70. The topological polar surface area (TPSA) is 8.81 Å². The number of hydrogen-bond donors (Lipinski definition) is 0. The SMILES string of the molecule is Cc1ccc([Se]n2cc[n+](C)c2)cc1. The Morgan fingerprint density at radius 3 is 2.50 bits per heavy atom. The summed E-state index contributed by atoms with van der Waals surface area (Å²) in [4.78, 5) is 0. The molecule has 3 heteroatoms. The zero-order valence-corrected chi connectivity index (χ0v) is 10.1. The summed E-state index contributed by atoms with van der Waals surface area (Å²) in [6.45, 7) is 2.12. The van der Waals surface area contributed by atoms with Crippen molar-refractivity contribution in [3.63, 3.8) is 0 Å². The van der Waals surface area contributed by atoms with E-state index in [1.54, 1.807) is 0 Å². The number of hydrogen-bond acceptors (Lipinski definition) is 0. The van der Waals surface area contributed by atoms with E-state index >= 15 is 0 Å². The molecule has 1 aromatic heterocycles. The zero-order valence-electron chi connectivity index (χ0n) is 8.34. The van der Waals surface area contributed by atoms with Gasteiger partial charge >= 0.3 is 90.3 Å². The van der Waals surface area contributed by atoms with Crippen molar-refractivity contribution in [3.05, 3.63) is 48.5 Å². The van der Waals surface area contributed by atoms with E-state index in [0.717, 1.165) is 0 Å². The van der Waals surface area contributed by atoms with Crippen LogP contribution in [0.3, 0.4) is 0 Å². The third-order valence-corrected chi connectivity index (χ3v) is 3.89. The zero-order chi connectivity index (χ0) is 9.97. The molecule has 2 aromatic rings. The number of aryl methyl sites for hydroxylation is 2. The van der Waals surface area contributed by atoms with E-state index < -0.39 is 0 Å². The fourth-order valence-corrected chi connectivity index (χ4v) is 2.91. The summed E-state index contributed by atoms with van der Waals surface area (Å²) in [6.07, 6.45) is 6.29. The van der Waals surface area contributed by atoms with Gasteiger partial charge in [-0.2, -0.15) is 0 Å². The van der Waals surface area contributed by atoms with Crippen LogP contribution in [-0.2, 0) is 7.05 Å². The first-order chi connectivity index (χ1) is 6.74. The summed E-state index contributed by atoms with van der Waals surface area (Å²) in [5, 5.41) is 0. The van der Waals surface area contributed by atoms with Crippen LogP contribution < -0.4 is 9.03 Å². The van der Waals surface area contributed by atoms with Gasteiger partial charge in [-0.05, 0) is 0 Å². The number of imidazole rings is 1. The van der Waals surface area contributed by atoms with Gasteiger partial charge in [0.1, 0.15) is 0 Å². The predicted molar refractivity (Wildman–Crippen MR) is 57.6 cm³/mol. The molecule has 2 nitrogen and oxygen atoms in total. The second kappa shape index (κ2) is 3.99. The third-order valence-electron chi connectivity index (χ3n) is 1.98. The van der Waals surface area contributed by atoms with Crippen molar-refractivity contribution in [1.29, 1.82) is 0 Å². The summed E-state index contributed by atoms with van der Waals surface area (Å²) in [7, 11) is 2.04. The molecule has 0 amide bonds. The first kappa shape index (κ1) is 9.50. The standard InChI is InChI=1S/C11H13N2Se/c1-10-3-5-11(6-4-10)14-13-8-7-12(2)9-13/h3-9H,1-2H3/q+1. The van der Waals surface area contributed by atoms with Crippen molar-refractivity contribution in [1.82, 2.24) is 3.58 Å². The van der Waals surface area contributed by atoms with Gasteiger partial charge in [-0.3, -0.25) is 0 Å². The number of rotatable bonds is 2. The maximum absolute atomic E-state index is 2.23. The molecule has 0 aliphatic carbocycles. The van der Waals surface area contributed by atoms with E-state index in [4.69, 9.17) is 0 Å². The Morgan fingerprint density at radius 1 is 1.21 bits per heavy atom. The van der Waals surface area contributed by atoms with Crippen LogP contribution in [0.1, 0.15) is 5.56 Å². The molecule has 0 saturated heterocycles. The average Bonchev–Trinajstić information content (AvgIpc) is 2.56. The van der Waals surface area contributed by atoms with Gasteiger partial charge < -0.3 is 0 Å². The molecule has 1 aromatic carbocycles. The van der Waals surface area contributed by atoms with E-state index in [0.29, 0.717) is 15.2 Å². The molecule has 0 spiro atoms. The first-order valence-electron chi connectivity index (χ1n) is 4.52. The van der Waals surface area contributed by atoms with Gasteiger partial charge in [0.25, 0.3) is 0 Å². The van der Waals surface area contributed by atoms with Crippen LogP contribution in [-0.4, -0.2) is 18.8 Å². The molecule has 0 unspecified atom stereocenters. The minimum atomic E-state index is 0.370. The van der Waals surface area contributed by atoms with E-state index in [1.807, 2.05) is 7.05 Å². The van der Waals surface area contributed by atoms with E-state index in [9.17, 15) is 0 Å². The summed E-state index contributed by atoms with van der Waals surface area (Å²) in [6, 6.07) is 8.74. The molecular formula is C11H13N2Se+. The Hall–Kier alpha value is -1.05. The van der Waals surface area contributed by atoms with E-state index in [2.05, 4.69) is 58.1 Å². The molecule has 0 radical (unpaired) electrons. The molecule has 0 aliphatic rings. The van der Waals surface area contributed by atoms with E-state index in [-0.39, 0.29) is 0 Å². The predicted octanol–water partition coefficient (Wildman–Crippen LogP) is 0.414. The third kappa shape index (κ3) is 2.25. The quantitative estimate of drug-likeness (QED) is 0.541. The summed E-state index contributed by atoms with van der Waals surface area (Å²) >= 11 is 0.370. The summed E-state index contributed by atoms with van der Waals surface area (Å²) in [5.41, 5.74) is 1.32. The monoisotopic (exact) mass is 253 g/mol. The second-order valence-electron chi connectivity index (χ2n) is 3.34. The Labute approximate surface area is 90.6 Å². The molecule has 0 aliphatic heterocycles. The van der Waals surface area contributed by atoms with Crippen molar-refractivity contribution in [2.75, 3.05) is 0 Å². The fraction of sp³-hybridized carbons (Fsp3) is 0.182. The molecule has 1 heterocycles. The minimum absolute atomic E-state index is 0.370. The first-order valence-corrected chi connectivity index (χ1v) is 6.14. The van der Waals surface area contributed by atoms with Crippen LogP contribution in [0.15, 0.2) is 43.0 Å². The second-order valence-corrected chi connectivity index (χ2v) is 5.60. The van der Waals surface area contributed by atoms with Crippen molar-refractivity contribution in [2.24, 2.45) is 7.05 Å².